The number of amides is 2. The number of aromatic amines is 1. The van der Waals surface area contributed by atoms with E-state index in [1.54, 1.807) is 6.92 Å². The Morgan fingerprint density at radius 3 is 2.90 bits per heavy atom. The summed E-state index contributed by atoms with van der Waals surface area (Å²) in [5.41, 5.74) is 0.0207. The Morgan fingerprint density at radius 2 is 2.25 bits per heavy atom. The Morgan fingerprint density at radius 1 is 1.50 bits per heavy atom. The number of H-pyrrole nitrogens is 1. The summed E-state index contributed by atoms with van der Waals surface area (Å²) in [5.74, 6) is -0.172. The summed E-state index contributed by atoms with van der Waals surface area (Å²) >= 11 is 0.980. The number of carbonyl (C=O) groups excluding carboxylic acids is 1. The molecular weight excluding hydrogens is 285 g/mol. The normalized spacial score (nSPS) is 10.2. The van der Waals surface area contributed by atoms with Crippen LogP contribution in [0.25, 0.3) is 0 Å². The molecule has 2 aromatic heterocycles. The van der Waals surface area contributed by atoms with Crippen molar-refractivity contribution in [2.75, 3.05) is 17.7 Å². The van der Waals surface area contributed by atoms with Crippen LogP contribution in [0.3, 0.4) is 0 Å². The second-order valence-corrected chi connectivity index (χ2v) is 4.70. The molecule has 4 N–H and O–H groups in total. The number of pyridine rings is 1. The lowest BCUT2D eigenvalue weighted by molar-refractivity contribution is 0.254. The Kier molecular flexibility index (Phi) is 3.99. The highest BCUT2D eigenvalue weighted by Crippen LogP contribution is 2.25. The summed E-state index contributed by atoms with van der Waals surface area (Å²) in [6.45, 7) is 1.60. The molecule has 2 rings (SSSR count). The molecule has 9 heteroatoms. The number of carbonyl (C=O) groups is 1. The number of aromatic nitrogens is 2. The van der Waals surface area contributed by atoms with Gasteiger partial charge in [-0.1, -0.05) is 0 Å². The first-order valence-electron chi connectivity index (χ1n) is 5.60. The summed E-state index contributed by atoms with van der Waals surface area (Å²) in [4.78, 5) is 26.8. The largest absolute Gasteiger partial charge is 0.341 e. The lowest BCUT2D eigenvalue weighted by atomic mass is 10.3. The molecule has 0 bridgehead atoms. The molecule has 2 heterocycles. The van der Waals surface area contributed by atoms with E-state index in [0.29, 0.717) is 10.6 Å². The molecule has 0 radical (unpaired) electrons. The van der Waals surface area contributed by atoms with Gasteiger partial charge >= 0.3 is 6.03 Å². The van der Waals surface area contributed by atoms with Crippen molar-refractivity contribution in [1.82, 2.24) is 14.7 Å². The van der Waals surface area contributed by atoms with Crippen LogP contribution < -0.4 is 21.5 Å². The van der Waals surface area contributed by atoms with E-state index in [9.17, 15) is 14.0 Å². The third-order valence-corrected chi connectivity index (χ3v) is 3.24. The van der Waals surface area contributed by atoms with Gasteiger partial charge in [0.25, 0.3) is 5.56 Å². The van der Waals surface area contributed by atoms with Crippen molar-refractivity contribution in [3.63, 3.8) is 0 Å². The molecule has 20 heavy (non-hydrogen) atoms. The summed E-state index contributed by atoms with van der Waals surface area (Å²) in [6, 6.07) is 0.684. The Labute approximate surface area is 117 Å². The zero-order valence-electron chi connectivity index (χ0n) is 10.7. The topological polar surface area (TPSA) is 98.9 Å². The van der Waals surface area contributed by atoms with Crippen molar-refractivity contribution in [3.05, 3.63) is 34.0 Å². The maximum absolute atomic E-state index is 13.4. The molecule has 7 nitrogen and oxygen atoms in total. The van der Waals surface area contributed by atoms with Crippen LogP contribution in [0.5, 0.6) is 0 Å². The molecular formula is C11H12FN5O2S. The molecule has 0 spiro atoms. The Balaban J connectivity index is 2.27. The van der Waals surface area contributed by atoms with E-state index in [4.69, 9.17) is 0 Å². The van der Waals surface area contributed by atoms with Gasteiger partial charge in [-0.2, -0.15) is 0 Å². The van der Waals surface area contributed by atoms with Crippen molar-refractivity contribution < 1.29 is 9.18 Å². The van der Waals surface area contributed by atoms with E-state index in [0.717, 1.165) is 11.5 Å². The molecule has 2 aromatic rings. The van der Waals surface area contributed by atoms with Crippen LogP contribution in [0.15, 0.2) is 17.1 Å². The number of nitrogens with one attached hydrogen (secondary N) is 4. The smallest absolute Gasteiger partial charge is 0.319 e. The molecule has 0 saturated heterocycles. The highest BCUT2D eigenvalue weighted by molar-refractivity contribution is 7.11. The van der Waals surface area contributed by atoms with Crippen LogP contribution in [0.4, 0.5) is 25.7 Å². The number of urea groups is 1. The highest BCUT2D eigenvalue weighted by atomic mass is 32.1. The van der Waals surface area contributed by atoms with Gasteiger partial charge in [0.2, 0.25) is 0 Å². The first-order chi connectivity index (χ1) is 9.51. The van der Waals surface area contributed by atoms with Gasteiger partial charge in [-0.15, -0.1) is 0 Å². The van der Waals surface area contributed by atoms with E-state index in [1.165, 1.54) is 19.3 Å². The van der Waals surface area contributed by atoms with E-state index in [-0.39, 0.29) is 11.5 Å². The fourth-order valence-electron chi connectivity index (χ4n) is 1.36. The highest BCUT2D eigenvalue weighted by Gasteiger charge is 2.14. The van der Waals surface area contributed by atoms with Gasteiger partial charge in [-0.3, -0.25) is 9.17 Å². The number of aryl methyl sites for hydroxylation is 1. The van der Waals surface area contributed by atoms with Gasteiger partial charge in [0.05, 0.1) is 0 Å². The number of hydrogen-bond acceptors (Lipinski definition) is 5. The maximum Gasteiger partial charge on any atom is 0.319 e. The Bertz CT molecular complexity index is 696. The second kappa shape index (κ2) is 5.70. The molecule has 0 unspecified atom stereocenters. The van der Waals surface area contributed by atoms with Gasteiger partial charge < -0.3 is 16.0 Å². The minimum Gasteiger partial charge on any atom is -0.341 e. The van der Waals surface area contributed by atoms with Crippen LogP contribution >= 0.6 is 11.5 Å². The fraction of sp³-hybridized carbons (Fsp3) is 0.182. The summed E-state index contributed by atoms with van der Waals surface area (Å²) in [7, 11) is 1.43. The van der Waals surface area contributed by atoms with Crippen molar-refractivity contribution in [2.45, 2.75) is 6.92 Å². The van der Waals surface area contributed by atoms with Gasteiger partial charge in [0.15, 0.2) is 0 Å². The molecule has 0 saturated carbocycles. The predicted octanol–water partition coefficient (Wildman–Crippen LogP) is 1.77. The first kappa shape index (κ1) is 14.0. The van der Waals surface area contributed by atoms with Crippen molar-refractivity contribution >= 4 is 34.1 Å². The van der Waals surface area contributed by atoms with E-state index in [2.05, 4.69) is 25.3 Å². The van der Waals surface area contributed by atoms with Crippen LogP contribution in [0, 0.1) is 12.7 Å². The fourth-order valence-corrected chi connectivity index (χ4v) is 2.06. The van der Waals surface area contributed by atoms with Gasteiger partial charge in [-0.05, 0) is 18.5 Å². The lowest BCUT2D eigenvalue weighted by Crippen LogP contribution is -2.27. The zero-order chi connectivity index (χ0) is 14.7. The molecule has 0 aliphatic rings. The third-order valence-electron chi connectivity index (χ3n) is 2.44. The first-order valence-corrected chi connectivity index (χ1v) is 6.42. The molecule has 106 valence electrons. The SMILES string of the molecule is CNC(=O)Nc1c(Nc2cc(F)c(C)cn2)s[nH]c1=O. The summed E-state index contributed by atoms with van der Waals surface area (Å²) in [5, 5.41) is 7.85. The monoisotopic (exact) mass is 297 g/mol. The van der Waals surface area contributed by atoms with E-state index < -0.39 is 17.4 Å². The second-order valence-electron chi connectivity index (χ2n) is 3.89. The minimum absolute atomic E-state index is 0.0529. The van der Waals surface area contributed by atoms with E-state index in [1.807, 2.05) is 0 Å². The van der Waals surface area contributed by atoms with Crippen LogP contribution in [0.2, 0.25) is 0 Å². The van der Waals surface area contributed by atoms with Gasteiger partial charge in [-0.25, -0.2) is 14.2 Å². The maximum atomic E-state index is 13.4. The van der Waals surface area contributed by atoms with Crippen molar-refractivity contribution in [2.24, 2.45) is 0 Å². The van der Waals surface area contributed by atoms with Crippen molar-refractivity contribution in [3.8, 4) is 0 Å². The average Bonchev–Trinajstić information content (AvgIpc) is 2.75. The number of halogens is 1. The average molecular weight is 297 g/mol. The molecule has 0 aliphatic heterocycles. The molecule has 0 aliphatic carbocycles. The summed E-state index contributed by atoms with van der Waals surface area (Å²) < 4.78 is 15.9. The third kappa shape index (κ3) is 2.94. The molecule has 0 fully saturated rings. The number of rotatable bonds is 3. The number of hydrogen-bond donors (Lipinski definition) is 4. The Hall–Kier alpha value is -2.42. The zero-order valence-corrected chi connectivity index (χ0v) is 11.5. The van der Waals surface area contributed by atoms with E-state index >= 15 is 0 Å². The molecule has 0 aromatic carbocycles. The molecule has 0 atom stereocenters. The lowest BCUT2D eigenvalue weighted by Gasteiger charge is -2.07. The predicted molar refractivity (Wildman–Crippen MR) is 75.2 cm³/mol. The summed E-state index contributed by atoms with van der Waals surface area (Å²) in [6.07, 6.45) is 1.37. The standard InChI is InChI=1S/C11H12FN5O2S/c1-5-4-14-7(3-6(5)12)15-10-8(9(18)17-20-10)16-11(19)13-2/h3-4H,1-2H3,(H,14,15)(H,17,18)(H2,13,16,19). The van der Waals surface area contributed by atoms with Crippen LogP contribution in [0.1, 0.15) is 5.56 Å². The number of nitrogens with zero attached hydrogens (tertiary/aromatic N) is 1. The quantitative estimate of drug-likeness (QED) is 0.694. The molecule has 2 amide bonds. The van der Waals surface area contributed by atoms with Gasteiger partial charge in [0.1, 0.15) is 22.3 Å². The van der Waals surface area contributed by atoms with Crippen LogP contribution in [-0.2, 0) is 0 Å². The minimum atomic E-state index is -0.528. The van der Waals surface area contributed by atoms with Crippen molar-refractivity contribution in [1.29, 1.82) is 0 Å². The van der Waals surface area contributed by atoms with Gasteiger partial charge in [0, 0.05) is 24.9 Å². The number of anilines is 3. The van der Waals surface area contributed by atoms with Crippen LogP contribution in [-0.4, -0.2) is 22.4 Å².